The van der Waals surface area contributed by atoms with E-state index in [0.29, 0.717) is 0 Å². The molecule has 3 N–H and O–H groups in total. The molecule has 0 aliphatic carbocycles. The van der Waals surface area contributed by atoms with Gasteiger partial charge in [-0.1, -0.05) is 25.4 Å². The van der Waals surface area contributed by atoms with Gasteiger partial charge in [0.2, 0.25) is 5.91 Å². The lowest BCUT2D eigenvalue weighted by Crippen LogP contribution is -2.44. The maximum atomic E-state index is 12.9. The quantitative estimate of drug-likeness (QED) is 0.709. The van der Waals surface area contributed by atoms with Crippen LogP contribution in [0.25, 0.3) is 0 Å². The van der Waals surface area contributed by atoms with Crippen LogP contribution in [0, 0.1) is 11.7 Å². The van der Waals surface area contributed by atoms with E-state index in [9.17, 15) is 19.1 Å². The van der Waals surface area contributed by atoms with Gasteiger partial charge in [0.15, 0.2) is 0 Å². The van der Waals surface area contributed by atoms with E-state index in [4.69, 9.17) is 11.6 Å². The molecule has 2 amide bonds. The number of benzene rings is 1. The van der Waals surface area contributed by atoms with Gasteiger partial charge in [-0.05, 0) is 31.0 Å². The predicted octanol–water partition coefficient (Wildman–Crippen LogP) is 2.12. The van der Waals surface area contributed by atoms with Crippen LogP contribution < -0.4 is 10.6 Å². The third-order valence-corrected chi connectivity index (χ3v) is 4.01. The van der Waals surface area contributed by atoms with E-state index >= 15 is 0 Å². The average molecular weight is 345 g/mol. The Morgan fingerprint density at radius 2 is 2.00 bits per heavy atom. The number of hydrogen-bond donors (Lipinski definition) is 3. The molecular weight excluding hydrogens is 323 g/mol. The molecule has 0 aromatic heterocycles. The van der Waals surface area contributed by atoms with E-state index in [1.807, 2.05) is 13.8 Å². The summed E-state index contributed by atoms with van der Waals surface area (Å²) in [6.45, 7) is 5.62. The molecule has 0 aliphatic rings. The second kappa shape index (κ2) is 8.26. The number of aliphatic hydroxyl groups is 1. The molecule has 5 nitrogen and oxygen atoms in total. The number of amides is 2. The molecule has 1 rings (SSSR count). The predicted molar refractivity (Wildman–Crippen MR) is 86.8 cm³/mol. The number of hydrogen-bond acceptors (Lipinski definition) is 3. The SMILES string of the molecule is CC(C)C(C)(O)CNC(=O)CCNC(=O)c1ccc(F)cc1Cl. The van der Waals surface area contributed by atoms with Crippen LogP contribution in [0.3, 0.4) is 0 Å². The van der Waals surface area contributed by atoms with Crippen molar-refractivity contribution in [1.82, 2.24) is 10.6 Å². The third kappa shape index (κ3) is 6.15. The van der Waals surface area contributed by atoms with Crippen molar-refractivity contribution in [2.75, 3.05) is 13.1 Å². The van der Waals surface area contributed by atoms with Crippen molar-refractivity contribution in [3.8, 4) is 0 Å². The van der Waals surface area contributed by atoms with Gasteiger partial charge in [-0.25, -0.2) is 4.39 Å². The third-order valence-electron chi connectivity index (χ3n) is 3.70. The van der Waals surface area contributed by atoms with Crippen molar-refractivity contribution in [2.24, 2.45) is 5.92 Å². The highest BCUT2D eigenvalue weighted by Gasteiger charge is 2.25. The number of rotatable bonds is 7. The van der Waals surface area contributed by atoms with Gasteiger partial charge in [0.1, 0.15) is 5.82 Å². The maximum absolute atomic E-state index is 12.9. The number of carbonyl (C=O) groups is 2. The molecule has 0 aliphatic heterocycles. The lowest BCUT2D eigenvalue weighted by molar-refractivity contribution is -0.122. The summed E-state index contributed by atoms with van der Waals surface area (Å²) in [6, 6.07) is 3.48. The van der Waals surface area contributed by atoms with E-state index in [1.54, 1.807) is 6.92 Å². The van der Waals surface area contributed by atoms with E-state index < -0.39 is 17.3 Å². The fraction of sp³-hybridized carbons (Fsp3) is 0.500. The minimum absolute atomic E-state index is 0.00289. The van der Waals surface area contributed by atoms with E-state index in [-0.39, 0.29) is 41.9 Å². The van der Waals surface area contributed by atoms with Crippen LogP contribution in [0.15, 0.2) is 18.2 Å². The summed E-state index contributed by atoms with van der Waals surface area (Å²) >= 11 is 5.79. The van der Waals surface area contributed by atoms with Gasteiger partial charge in [0.25, 0.3) is 5.91 Å². The Morgan fingerprint density at radius 1 is 1.35 bits per heavy atom. The molecule has 23 heavy (non-hydrogen) atoms. The van der Waals surface area contributed by atoms with Crippen LogP contribution >= 0.6 is 11.6 Å². The maximum Gasteiger partial charge on any atom is 0.252 e. The number of nitrogens with one attached hydrogen (secondary N) is 2. The zero-order valence-electron chi connectivity index (χ0n) is 13.5. The van der Waals surface area contributed by atoms with Crippen molar-refractivity contribution in [3.63, 3.8) is 0 Å². The molecule has 1 aromatic carbocycles. The molecule has 1 unspecified atom stereocenters. The first-order valence-electron chi connectivity index (χ1n) is 7.36. The largest absolute Gasteiger partial charge is 0.388 e. The smallest absolute Gasteiger partial charge is 0.252 e. The van der Waals surface area contributed by atoms with Crippen molar-refractivity contribution < 1.29 is 19.1 Å². The Kier molecular flexibility index (Phi) is 6.97. The molecule has 1 atom stereocenters. The zero-order valence-corrected chi connectivity index (χ0v) is 14.2. The number of halogens is 2. The minimum Gasteiger partial charge on any atom is -0.388 e. The average Bonchev–Trinajstić information content (AvgIpc) is 2.44. The van der Waals surface area contributed by atoms with Crippen molar-refractivity contribution >= 4 is 23.4 Å². The highest BCUT2D eigenvalue weighted by atomic mass is 35.5. The van der Waals surface area contributed by atoms with Crippen LogP contribution in [-0.2, 0) is 4.79 Å². The van der Waals surface area contributed by atoms with Crippen molar-refractivity contribution in [1.29, 1.82) is 0 Å². The lowest BCUT2D eigenvalue weighted by Gasteiger charge is -2.27. The van der Waals surface area contributed by atoms with Crippen molar-refractivity contribution in [2.45, 2.75) is 32.8 Å². The summed E-state index contributed by atoms with van der Waals surface area (Å²) in [5.74, 6) is -1.28. The van der Waals surface area contributed by atoms with E-state index in [2.05, 4.69) is 10.6 Å². The summed E-state index contributed by atoms with van der Waals surface area (Å²) in [4.78, 5) is 23.6. The summed E-state index contributed by atoms with van der Waals surface area (Å²) in [5, 5.41) is 15.2. The van der Waals surface area contributed by atoms with Crippen LogP contribution in [0.4, 0.5) is 4.39 Å². The Balaban J connectivity index is 2.39. The van der Waals surface area contributed by atoms with Gasteiger partial charge >= 0.3 is 0 Å². The van der Waals surface area contributed by atoms with Crippen LogP contribution in [0.2, 0.25) is 5.02 Å². The van der Waals surface area contributed by atoms with E-state index in [1.165, 1.54) is 6.07 Å². The second-order valence-electron chi connectivity index (χ2n) is 5.92. The number of carbonyl (C=O) groups excluding carboxylic acids is 2. The molecule has 0 heterocycles. The van der Waals surface area contributed by atoms with Gasteiger partial charge in [-0.3, -0.25) is 9.59 Å². The van der Waals surface area contributed by atoms with Gasteiger partial charge in [-0.15, -0.1) is 0 Å². The van der Waals surface area contributed by atoms with E-state index in [0.717, 1.165) is 12.1 Å². The molecule has 0 radical (unpaired) electrons. The highest BCUT2D eigenvalue weighted by Crippen LogP contribution is 2.17. The fourth-order valence-corrected chi connectivity index (χ4v) is 1.88. The molecule has 0 saturated carbocycles. The standard InChI is InChI=1S/C16H22ClFN2O3/c1-10(2)16(3,23)9-20-14(21)6-7-19-15(22)12-5-4-11(18)8-13(12)17/h4-5,8,10,23H,6-7,9H2,1-3H3,(H,19,22)(H,20,21). The molecule has 0 spiro atoms. The first kappa shape index (κ1) is 19.4. The first-order chi connectivity index (χ1) is 10.6. The van der Waals surface area contributed by atoms with Crippen LogP contribution in [0.1, 0.15) is 37.6 Å². The molecular formula is C16H22ClFN2O3. The van der Waals surface area contributed by atoms with Crippen LogP contribution in [0.5, 0.6) is 0 Å². The van der Waals surface area contributed by atoms with Gasteiger partial charge in [0.05, 0.1) is 16.2 Å². The first-order valence-corrected chi connectivity index (χ1v) is 7.73. The van der Waals surface area contributed by atoms with Crippen LogP contribution in [-0.4, -0.2) is 35.6 Å². The molecule has 1 aromatic rings. The van der Waals surface area contributed by atoms with Gasteiger partial charge < -0.3 is 15.7 Å². The Bertz CT molecular complexity index is 576. The summed E-state index contributed by atoms with van der Waals surface area (Å²) in [5.41, 5.74) is -0.836. The Morgan fingerprint density at radius 3 is 2.57 bits per heavy atom. The normalized spacial score (nSPS) is 13.5. The van der Waals surface area contributed by atoms with Gasteiger partial charge in [-0.2, -0.15) is 0 Å². The van der Waals surface area contributed by atoms with Crippen molar-refractivity contribution in [3.05, 3.63) is 34.6 Å². The molecule has 128 valence electrons. The molecule has 0 fully saturated rings. The highest BCUT2D eigenvalue weighted by molar-refractivity contribution is 6.33. The molecule has 0 saturated heterocycles. The fourth-order valence-electron chi connectivity index (χ4n) is 1.63. The monoisotopic (exact) mass is 344 g/mol. The summed E-state index contributed by atoms with van der Waals surface area (Å²) in [7, 11) is 0. The molecule has 0 bridgehead atoms. The second-order valence-corrected chi connectivity index (χ2v) is 6.33. The Hall–Kier alpha value is -1.66. The molecule has 7 heteroatoms. The Labute approximate surface area is 140 Å². The lowest BCUT2D eigenvalue weighted by atomic mass is 9.92. The topological polar surface area (TPSA) is 78.4 Å². The zero-order chi connectivity index (χ0) is 17.6. The van der Waals surface area contributed by atoms with Gasteiger partial charge in [0, 0.05) is 19.5 Å². The summed E-state index contributed by atoms with van der Waals surface area (Å²) < 4.78 is 12.9. The summed E-state index contributed by atoms with van der Waals surface area (Å²) in [6.07, 6.45) is 0.0682. The minimum atomic E-state index is -0.986.